The first-order valence-corrected chi connectivity index (χ1v) is 19.5. The van der Waals surface area contributed by atoms with Gasteiger partial charge in [-0.05, 0) is 64.2 Å². The van der Waals surface area contributed by atoms with Crippen LogP contribution in [0.25, 0.3) is 0 Å². The Kier molecular flexibility index (Phi) is 16.2. The van der Waals surface area contributed by atoms with Crippen molar-refractivity contribution in [2.45, 2.75) is 206 Å². The minimum Gasteiger partial charge on any atom is -0.459 e. The third kappa shape index (κ3) is 10.8. The standard InChI is InChI=1S/C40H70O7/c1-8-10-11-12-13-14-15-16-17-18-19-20-21-23-32(41)45-31-26-27-39(6,47-33(42)22-9-2)38-35-30(28(3)4)25-24-29(5)34(35)36(46-38)37(43)40(31,7)44/h28,30-31,34-38,43-44H,5,8-27H2,1-4,6-7H3. The summed E-state index contributed by atoms with van der Waals surface area (Å²) >= 11 is 0. The van der Waals surface area contributed by atoms with Gasteiger partial charge in [0.2, 0.25) is 0 Å². The smallest absolute Gasteiger partial charge is 0.306 e. The number of carbonyl (C=O) groups is 2. The van der Waals surface area contributed by atoms with Gasteiger partial charge in [0.15, 0.2) is 0 Å². The van der Waals surface area contributed by atoms with E-state index in [2.05, 4.69) is 27.4 Å². The summed E-state index contributed by atoms with van der Waals surface area (Å²) in [6.07, 6.45) is 16.2. The average Bonchev–Trinajstić information content (AvgIpc) is 3.43. The van der Waals surface area contributed by atoms with E-state index in [1.165, 1.54) is 64.2 Å². The first kappa shape index (κ1) is 40.0. The van der Waals surface area contributed by atoms with Crippen LogP contribution in [0.4, 0.5) is 0 Å². The highest BCUT2D eigenvalue weighted by atomic mass is 16.6. The van der Waals surface area contributed by atoms with Crippen molar-refractivity contribution in [3.63, 3.8) is 0 Å². The lowest BCUT2D eigenvalue weighted by Gasteiger charge is -2.47. The molecule has 1 aliphatic carbocycles. The number of carbonyl (C=O) groups excluding carboxylic acids is 2. The van der Waals surface area contributed by atoms with Gasteiger partial charge in [0.25, 0.3) is 0 Å². The van der Waals surface area contributed by atoms with Crippen molar-refractivity contribution in [1.29, 1.82) is 0 Å². The fourth-order valence-electron chi connectivity index (χ4n) is 8.74. The van der Waals surface area contributed by atoms with Crippen molar-refractivity contribution >= 4 is 11.9 Å². The number of hydrogen-bond acceptors (Lipinski definition) is 7. The van der Waals surface area contributed by atoms with Crippen LogP contribution < -0.4 is 0 Å². The van der Waals surface area contributed by atoms with Crippen LogP contribution in [0.1, 0.15) is 170 Å². The summed E-state index contributed by atoms with van der Waals surface area (Å²) in [5, 5.41) is 23.8. The summed E-state index contributed by atoms with van der Waals surface area (Å²) in [5.74, 6) is -0.157. The van der Waals surface area contributed by atoms with Crippen molar-refractivity contribution in [2.24, 2.45) is 23.7 Å². The quantitative estimate of drug-likeness (QED) is 0.0808. The van der Waals surface area contributed by atoms with Crippen LogP contribution >= 0.6 is 0 Å². The van der Waals surface area contributed by atoms with Crippen molar-refractivity contribution in [2.75, 3.05) is 0 Å². The number of rotatable bonds is 19. The summed E-state index contributed by atoms with van der Waals surface area (Å²) in [6.45, 7) is 16.5. The number of hydrogen-bond donors (Lipinski definition) is 2. The highest BCUT2D eigenvalue weighted by molar-refractivity contribution is 5.70. The first-order valence-electron chi connectivity index (χ1n) is 19.5. The molecule has 2 N–H and O–H groups in total. The molecule has 3 rings (SSSR count). The monoisotopic (exact) mass is 663 g/mol. The Balaban J connectivity index is 1.62. The lowest BCUT2D eigenvalue weighted by Crippen LogP contribution is -2.58. The van der Waals surface area contributed by atoms with Gasteiger partial charge in [0.1, 0.15) is 29.5 Å². The van der Waals surface area contributed by atoms with E-state index in [-0.39, 0.29) is 36.6 Å². The van der Waals surface area contributed by atoms with Crippen LogP contribution in [0.3, 0.4) is 0 Å². The van der Waals surface area contributed by atoms with Crippen molar-refractivity contribution in [3.8, 4) is 0 Å². The highest BCUT2D eigenvalue weighted by Gasteiger charge is 2.63. The lowest BCUT2D eigenvalue weighted by atomic mass is 9.60. The summed E-state index contributed by atoms with van der Waals surface area (Å²) in [5.41, 5.74) is -1.75. The molecule has 3 aliphatic rings. The largest absolute Gasteiger partial charge is 0.459 e. The Bertz CT molecular complexity index is 976. The molecule has 2 heterocycles. The normalized spacial score (nSPS) is 34.0. The van der Waals surface area contributed by atoms with Crippen molar-refractivity contribution in [1.82, 2.24) is 0 Å². The van der Waals surface area contributed by atoms with Gasteiger partial charge in [-0.3, -0.25) is 9.59 Å². The molecule has 0 amide bonds. The van der Waals surface area contributed by atoms with Crippen LogP contribution in [-0.4, -0.2) is 57.8 Å². The van der Waals surface area contributed by atoms with Gasteiger partial charge in [-0.1, -0.05) is 117 Å². The molecule has 47 heavy (non-hydrogen) atoms. The van der Waals surface area contributed by atoms with Crippen LogP contribution in [0, 0.1) is 23.7 Å². The molecule has 2 aliphatic heterocycles. The molecule has 0 aromatic carbocycles. The summed E-state index contributed by atoms with van der Waals surface area (Å²) in [6, 6.07) is 0. The number of aliphatic hydroxyl groups excluding tert-OH is 1. The number of aliphatic hydroxyl groups is 2. The van der Waals surface area contributed by atoms with E-state index in [4.69, 9.17) is 14.2 Å². The molecule has 7 nitrogen and oxygen atoms in total. The second-order valence-corrected chi connectivity index (χ2v) is 15.9. The van der Waals surface area contributed by atoms with Crippen LogP contribution in [0.2, 0.25) is 0 Å². The SMILES string of the molecule is C=C1CCC(C(C)C)C2C1C1OC2C(C)(OC(=O)CCC)CCC(OC(=O)CCCCCCCCCCCCCCC)C(C)(O)C1O. The Hall–Kier alpha value is -1.44. The molecular weight excluding hydrogens is 592 g/mol. The van der Waals surface area contributed by atoms with Crippen molar-refractivity contribution < 1.29 is 34.0 Å². The topological polar surface area (TPSA) is 102 Å². The van der Waals surface area contributed by atoms with Gasteiger partial charge in [0, 0.05) is 24.7 Å². The number of esters is 2. The predicted octanol–water partition coefficient (Wildman–Crippen LogP) is 9.01. The molecule has 1 saturated carbocycles. The molecule has 7 heteroatoms. The molecule has 0 spiro atoms. The molecule has 3 fully saturated rings. The van der Waals surface area contributed by atoms with E-state index in [0.717, 1.165) is 37.7 Å². The van der Waals surface area contributed by atoms with Gasteiger partial charge in [-0.25, -0.2) is 0 Å². The molecular formula is C40H70O7. The maximum Gasteiger partial charge on any atom is 0.306 e. The average molecular weight is 663 g/mol. The zero-order valence-corrected chi connectivity index (χ0v) is 30.9. The maximum absolute atomic E-state index is 13.1. The van der Waals surface area contributed by atoms with Gasteiger partial charge in [0.05, 0.1) is 6.10 Å². The van der Waals surface area contributed by atoms with Gasteiger partial charge in [-0.2, -0.15) is 0 Å². The zero-order valence-electron chi connectivity index (χ0n) is 30.9. The van der Waals surface area contributed by atoms with Gasteiger partial charge in [-0.15, -0.1) is 0 Å². The second-order valence-electron chi connectivity index (χ2n) is 15.9. The van der Waals surface area contributed by atoms with E-state index in [9.17, 15) is 19.8 Å². The van der Waals surface area contributed by atoms with Gasteiger partial charge >= 0.3 is 11.9 Å². The predicted molar refractivity (Wildman–Crippen MR) is 188 cm³/mol. The molecule has 2 bridgehead atoms. The molecule has 0 radical (unpaired) electrons. The summed E-state index contributed by atoms with van der Waals surface area (Å²) in [7, 11) is 0. The van der Waals surface area contributed by atoms with Crippen molar-refractivity contribution in [3.05, 3.63) is 12.2 Å². The van der Waals surface area contributed by atoms with Gasteiger partial charge < -0.3 is 24.4 Å². The fourth-order valence-corrected chi connectivity index (χ4v) is 8.74. The number of unbranched alkanes of at least 4 members (excludes halogenated alkanes) is 12. The molecule has 9 atom stereocenters. The molecule has 9 unspecified atom stereocenters. The highest BCUT2D eigenvalue weighted by Crippen LogP contribution is 2.56. The zero-order chi connectivity index (χ0) is 34.6. The lowest BCUT2D eigenvalue weighted by molar-refractivity contribution is -0.198. The van der Waals surface area contributed by atoms with E-state index in [1.54, 1.807) is 6.92 Å². The third-order valence-electron chi connectivity index (χ3n) is 11.7. The Morgan fingerprint density at radius 1 is 0.872 bits per heavy atom. The Morgan fingerprint density at radius 3 is 2.00 bits per heavy atom. The Morgan fingerprint density at radius 2 is 1.45 bits per heavy atom. The molecule has 2 saturated heterocycles. The van der Waals surface area contributed by atoms with Crippen LogP contribution in [0.15, 0.2) is 12.2 Å². The van der Waals surface area contributed by atoms with E-state index in [0.29, 0.717) is 31.1 Å². The third-order valence-corrected chi connectivity index (χ3v) is 11.7. The second kappa shape index (κ2) is 19.1. The molecule has 0 aromatic rings. The summed E-state index contributed by atoms with van der Waals surface area (Å²) < 4.78 is 19.0. The van der Waals surface area contributed by atoms with E-state index in [1.807, 2.05) is 13.8 Å². The molecule has 0 aromatic heterocycles. The number of fused-ring (bicyclic) bond motifs is 5. The molecule has 272 valence electrons. The first-order chi connectivity index (χ1) is 22.4. The van der Waals surface area contributed by atoms with E-state index >= 15 is 0 Å². The number of ether oxygens (including phenoxy) is 3. The van der Waals surface area contributed by atoms with E-state index < -0.39 is 35.6 Å². The maximum atomic E-state index is 13.1. The Labute approximate surface area is 287 Å². The van der Waals surface area contributed by atoms with Crippen LogP contribution in [0.5, 0.6) is 0 Å². The fraction of sp³-hybridized carbons (Fsp3) is 0.900. The minimum atomic E-state index is -1.75. The minimum absolute atomic E-state index is 0.000719. The summed E-state index contributed by atoms with van der Waals surface area (Å²) in [4.78, 5) is 26.1. The van der Waals surface area contributed by atoms with Crippen LogP contribution in [-0.2, 0) is 23.8 Å².